The summed E-state index contributed by atoms with van der Waals surface area (Å²) in [6.45, 7) is 0. The highest BCUT2D eigenvalue weighted by Crippen LogP contribution is 2.38. The van der Waals surface area contributed by atoms with Gasteiger partial charge in [-0.15, -0.1) is 0 Å². The molecule has 0 bridgehead atoms. The molecule has 0 unspecified atom stereocenters. The van der Waals surface area contributed by atoms with Crippen molar-refractivity contribution in [2.75, 3.05) is 10.5 Å². The van der Waals surface area contributed by atoms with Gasteiger partial charge < -0.3 is 5.73 Å². The molecule has 0 spiro atoms. The zero-order valence-electron chi connectivity index (χ0n) is 10.4. The highest BCUT2D eigenvalue weighted by atomic mass is 32.2. The van der Waals surface area contributed by atoms with Crippen LogP contribution in [0.5, 0.6) is 0 Å². The molecule has 0 aromatic heterocycles. The van der Waals surface area contributed by atoms with Gasteiger partial charge in [0.2, 0.25) is 0 Å². The zero-order valence-corrected chi connectivity index (χ0v) is 12.1. The SMILES string of the molecule is Nc1cc(F)cc(NS(=O)(=O)c2cccc3c2N=S=N3)c1. The Balaban J connectivity index is 2.02. The van der Waals surface area contributed by atoms with Crippen LogP contribution in [0.15, 0.2) is 50.0 Å². The quantitative estimate of drug-likeness (QED) is 0.725. The standard InChI is InChI=1S/C12H9FN4O2S2/c13-7-4-8(14)6-9(5-7)17-21(18,19)11-3-1-2-10-12(11)16-20-15-10/h1-6,17H,14H2. The van der Waals surface area contributed by atoms with E-state index >= 15 is 0 Å². The number of hydrogen-bond donors (Lipinski definition) is 2. The Kier molecular flexibility index (Phi) is 3.22. The van der Waals surface area contributed by atoms with Crippen molar-refractivity contribution in [2.45, 2.75) is 4.90 Å². The number of nitrogens with one attached hydrogen (secondary N) is 1. The molecule has 3 rings (SSSR count). The summed E-state index contributed by atoms with van der Waals surface area (Å²) < 4.78 is 48.3. The van der Waals surface area contributed by atoms with Crippen LogP contribution in [-0.4, -0.2) is 8.42 Å². The van der Waals surface area contributed by atoms with E-state index in [1.165, 1.54) is 12.1 Å². The third-order valence-electron chi connectivity index (χ3n) is 2.71. The van der Waals surface area contributed by atoms with Crippen LogP contribution in [0, 0.1) is 5.82 Å². The fourth-order valence-corrected chi connectivity index (χ4v) is 3.69. The smallest absolute Gasteiger partial charge is 0.264 e. The minimum Gasteiger partial charge on any atom is -0.399 e. The molecule has 0 fully saturated rings. The van der Waals surface area contributed by atoms with Crippen molar-refractivity contribution in [2.24, 2.45) is 8.73 Å². The number of nitrogens with zero attached hydrogens (tertiary/aromatic N) is 2. The van der Waals surface area contributed by atoms with Crippen LogP contribution in [0.25, 0.3) is 0 Å². The molecule has 0 amide bonds. The lowest BCUT2D eigenvalue weighted by atomic mass is 10.3. The minimum atomic E-state index is -3.91. The first kappa shape index (κ1) is 13.7. The van der Waals surface area contributed by atoms with Gasteiger partial charge in [0.05, 0.1) is 17.0 Å². The summed E-state index contributed by atoms with van der Waals surface area (Å²) in [7, 11) is -3.91. The maximum atomic E-state index is 13.3. The van der Waals surface area contributed by atoms with Gasteiger partial charge in [0.1, 0.15) is 22.1 Å². The fourth-order valence-electron chi connectivity index (χ4n) is 1.88. The van der Waals surface area contributed by atoms with Crippen molar-refractivity contribution >= 4 is 44.1 Å². The average Bonchev–Trinajstić information content (AvgIpc) is 2.84. The molecule has 3 N–H and O–H groups in total. The summed E-state index contributed by atoms with van der Waals surface area (Å²) >= 11 is 0.922. The number of sulfonamides is 1. The van der Waals surface area contributed by atoms with Gasteiger partial charge in [-0.05, 0) is 30.3 Å². The third kappa shape index (κ3) is 2.65. The molecular weight excluding hydrogens is 315 g/mol. The Labute approximate surface area is 123 Å². The van der Waals surface area contributed by atoms with Gasteiger partial charge in [-0.2, -0.15) is 8.73 Å². The normalized spacial score (nSPS) is 12.8. The number of nitrogens with two attached hydrogens (primary N) is 1. The van der Waals surface area contributed by atoms with Crippen molar-refractivity contribution in [3.63, 3.8) is 0 Å². The van der Waals surface area contributed by atoms with Crippen molar-refractivity contribution in [1.29, 1.82) is 0 Å². The fraction of sp³-hybridized carbons (Fsp3) is 0. The molecule has 1 heterocycles. The second kappa shape index (κ2) is 4.93. The van der Waals surface area contributed by atoms with E-state index in [0.717, 1.165) is 23.5 Å². The number of hydrogen-bond acceptors (Lipinski definition) is 5. The molecule has 0 atom stereocenters. The van der Waals surface area contributed by atoms with Gasteiger partial charge in [0.15, 0.2) is 0 Å². The van der Waals surface area contributed by atoms with Crippen molar-refractivity contribution in [1.82, 2.24) is 0 Å². The molecule has 2 aromatic carbocycles. The summed E-state index contributed by atoms with van der Waals surface area (Å²) in [5, 5.41) is 0. The Morgan fingerprint density at radius 3 is 2.76 bits per heavy atom. The molecule has 2 aromatic rings. The second-order valence-electron chi connectivity index (χ2n) is 4.27. The zero-order chi connectivity index (χ0) is 15.0. The Morgan fingerprint density at radius 2 is 2.00 bits per heavy atom. The minimum absolute atomic E-state index is 0.0171. The molecule has 21 heavy (non-hydrogen) atoms. The first-order chi connectivity index (χ1) is 9.95. The molecule has 0 radical (unpaired) electrons. The lowest BCUT2D eigenvalue weighted by Gasteiger charge is -2.10. The first-order valence-corrected chi connectivity index (χ1v) is 7.97. The summed E-state index contributed by atoms with van der Waals surface area (Å²) in [5.41, 5.74) is 6.44. The molecule has 0 saturated heterocycles. The van der Waals surface area contributed by atoms with Crippen LogP contribution in [0.3, 0.4) is 0 Å². The van der Waals surface area contributed by atoms with E-state index < -0.39 is 15.8 Å². The Hall–Kier alpha value is -2.26. The monoisotopic (exact) mass is 324 g/mol. The largest absolute Gasteiger partial charge is 0.399 e. The molecule has 108 valence electrons. The van der Waals surface area contributed by atoms with E-state index in [9.17, 15) is 12.8 Å². The van der Waals surface area contributed by atoms with Crippen LogP contribution >= 0.6 is 0 Å². The summed E-state index contributed by atoms with van der Waals surface area (Å²) in [5.74, 6) is -0.624. The maximum absolute atomic E-state index is 13.3. The number of halogens is 1. The van der Waals surface area contributed by atoms with Crippen molar-refractivity contribution in [3.8, 4) is 0 Å². The Morgan fingerprint density at radius 1 is 1.19 bits per heavy atom. The topological polar surface area (TPSA) is 96.9 Å². The molecule has 0 aliphatic carbocycles. The molecule has 9 heteroatoms. The van der Waals surface area contributed by atoms with Gasteiger partial charge >= 0.3 is 0 Å². The number of fused-ring (bicyclic) bond motifs is 1. The van der Waals surface area contributed by atoms with E-state index in [-0.39, 0.29) is 22.0 Å². The molecule has 6 nitrogen and oxygen atoms in total. The van der Waals surface area contributed by atoms with E-state index in [2.05, 4.69) is 13.4 Å². The van der Waals surface area contributed by atoms with Crippen LogP contribution < -0.4 is 10.5 Å². The molecule has 1 aliphatic heterocycles. The van der Waals surface area contributed by atoms with Gasteiger partial charge in [-0.3, -0.25) is 4.72 Å². The van der Waals surface area contributed by atoms with Crippen LogP contribution in [0.2, 0.25) is 0 Å². The van der Waals surface area contributed by atoms with E-state index in [1.807, 2.05) is 0 Å². The van der Waals surface area contributed by atoms with Gasteiger partial charge in [0, 0.05) is 5.69 Å². The Bertz CT molecular complexity index is 885. The van der Waals surface area contributed by atoms with Gasteiger partial charge in [-0.25, -0.2) is 12.8 Å². The highest BCUT2D eigenvalue weighted by Gasteiger charge is 2.22. The van der Waals surface area contributed by atoms with Crippen molar-refractivity contribution < 1.29 is 12.8 Å². The second-order valence-corrected chi connectivity index (χ2v) is 6.45. The van der Waals surface area contributed by atoms with Crippen LogP contribution in [-0.2, 0) is 21.4 Å². The number of rotatable bonds is 3. The molecular formula is C12H9FN4O2S2. The van der Waals surface area contributed by atoms with Crippen molar-refractivity contribution in [3.05, 3.63) is 42.2 Å². The average molecular weight is 324 g/mol. The predicted octanol–water partition coefficient (Wildman–Crippen LogP) is 2.94. The van der Waals surface area contributed by atoms with Gasteiger partial charge in [0.25, 0.3) is 10.0 Å². The predicted molar refractivity (Wildman–Crippen MR) is 79.6 cm³/mol. The summed E-state index contributed by atoms with van der Waals surface area (Å²) in [6.07, 6.45) is 0. The summed E-state index contributed by atoms with van der Waals surface area (Å²) in [4.78, 5) is -0.0171. The van der Waals surface area contributed by atoms with E-state index in [1.54, 1.807) is 12.1 Å². The lowest BCUT2D eigenvalue weighted by molar-refractivity contribution is 0.601. The summed E-state index contributed by atoms with van der Waals surface area (Å²) in [6, 6.07) is 8.13. The molecule has 1 aliphatic rings. The first-order valence-electron chi connectivity index (χ1n) is 5.76. The number of anilines is 2. The third-order valence-corrected chi connectivity index (χ3v) is 4.67. The maximum Gasteiger partial charge on any atom is 0.264 e. The van der Waals surface area contributed by atoms with Crippen LogP contribution in [0.4, 0.5) is 27.1 Å². The van der Waals surface area contributed by atoms with Crippen LogP contribution in [0.1, 0.15) is 0 Å². The number of benzene rings is 2. The molecule has 0 saturated carbocycles. The number of nitrogen functional groups attached to an aromatic ring is 1. The highest BCUT2D eigenvalue weighted by molar-refractivity contribution is 7.93. The lowest BCUT2D eigenvalue weighted by Crippen LogP contribution is -2.13. The van der Waals surface area contributed by atoms with E-state index in [4.69, 9.17) is 5.73 Å². The van der Waals surface area contributed by atoms with E-state index in [0.29, 0.717) is 5.69 Å². The van der Waals surface area contributed by atoms with Gasteiger partial charge in [-0.1, -0.05) is 6.07 Å².